The first kappa shape index (κ1) is 15.3. The summed E-state index contributed by atoms with van der Waals surface area (Å²) in [6.07, 6.45) is 4.52. The molecule has 0 saturated heterocycles. The molecule has 0 bridgehead atoms. The summed E-state index contributed by atoms with van der Waals surface area (Å²) >= 11 is 0. The lowest BCUT2D eigenvalue weighted by Gasteiger charge is -2.27. The van der Waals surface area contributed by atoms with Crippen LogP contribution in [0.1, 0.15) is 36.9 Å². The zero-order valence-electron chi connectivity index (χ0n) is 12.2. The van der Waals surface area contributed by atoms with Crippen molar-refractivity contribution in [1.29, 1.82) is 0 Å². The van der Waals surface area contributed by atoms with E-state index in [9.17, 15) is 8.42 Å². The van der Waals surface area contributed by atoms with Crippen molar-refractivity contribution in [2.24, 2.45) is 0 Å². The van der Waals surface area contributed by atoms with Gasteiger partial charge < -0.3 is 10.1 Å². The highest BCUT2D eigenvalue weighted by Crippen LogP contribution is 2.35. The van der Waals surface area contributed by atoms with Gasteiger partial charge in [-0.05, 0) is 43.0 Å². The average Bonchev–Trinajstić information content (AvgIpc) is 2.38. The summed E-state index contributed by atoms with van der Waals surface area (Å²) in [4.78, 5) is 0. The third-order valence-electron chi connectivity index (χ3n) is 3.63. The minimum Gasteiger partial charge on any atom is -0.492 e. The van der Waals surface area contributed by atoms with Crippen molar-refractivity contribution in [3.63, 3.8) is 0 Å². The van der Waals surface area contributed by atoms with Gasteiger partial charge in [0.05, 0.1) is 5.75 Å². The van der Waals surface area contributed by atoms with Crippen molar-refractivity contribution in [3.8, 4) is 5.75 Å². The Morgan fingerprint density at radius 2 is 2.20 bits per heavy atom. The molecule has 4 nitrogen and oxygen atoms in total. The van der Waals surface area contributed by atoms with Gasteiger partial charge in [0.1, 0.15) is 12.4 Å². The lowest BCUT2D eigenvalue weighted by atomic mass is 9.87. The number of nitrogens with one attached hydrogen (secondary N) is 1. The normalized spacial score (nSPS) is 18.6. The molecule has 1 aromatic carbocycles. The van der Waals surface area contributed by atoms with Crippen molar-refractivity contribution in [2.45, 2.75) is 32.2 Å². The van der Waals surface area contributed by atoms with E-state index >= 15 is 0 Å². The maximum atomic E-state index is 11.2. The average molecular weight is 297 g/mol. The first-order chi connectivity index (χ1) is 9.51. The number of hydrogen-bond acceptors (Lipinski definition) is 4. The fourth-order valence-electron chi connectivity index (χ4n) is 2.71. The van der Waals surface area contributed by atoms with Gasteiger partial charge in [0, 0.05) is 12.3 Å². The molecule has 1 aliphatic rings. The Hall–Kier alpha value is -1.07. The Morgan fingerprint density at radius 1 is 1.40 bits per heavy atom. The van der Waals surface area contributed by atoms with Gasteiger partial charge in [-0.25, -0.2) is 8.42 Å². The van der Waals surface area contributed by atoms with Crippen LogP contribution in [0.3, 0.4) is 0 Å². The molecule has 5 heteroatoms. The SMILES string of the molecule is CCNC1CCCc2c(OCCS(C)(=O)=O)cccc21. The summed E-state index contributed by atoms with van der Waals surface area (Å²) < 4.78 is 28.0. The minimum atomic E-state index is -2.97. The molecular formula is C15H23NO3S. The van der Waals surface area contributed by atoms with Gasteiger partial charge >= 0.3 is 0 Å². The van der Waals surface area contributed by atoms with E-state index in [4.69, 9.17) is 4.74 Å². The fraction of sp³-hybridized carbons (Fsp3) is 0.600. The zero-order chi connectivity index (χ0) is 14.6. The van der Waals surface area contributed by atoms with Gasteiger partial charge in [0.25, 0.3) is 0 Å². The molecule has 0 radical (unpaired) electrons. The van der Waals surface area contributed by atoms with Crippen LogP contribution in [0.4, 0.5) is 0 Å². The van der Waals surface area contributed by atoms with Crippen LogP contribution in [0.2, 0.25) is 0 Å². The second kappa shape index (κ2) is 6.59. The number of fused-ring (bicyclic) bond motifs is 1. The Labute approximate surface area is 121 Å². The van der Waals surface area contributed by atoms with Crippen molar-refractivity contribution in [3.05, 3.63) is 29.3 Å². The Kier molecular flexibility index (Phi) is 5.05. The number of hydrogen-bond donors (Lipinski definition) is 1. The van der Waals surface area contributed by atoms with Crippen LogP contribution in [0.15, 0.2) is 18.2 Å². The standard InChI is InChI=1S/C15H23NO3S/c1-3-16-14-8-4-7-13-12(14)6-5-9-15(13)19-10-11-20(2,17)18/h5-6,9,14,16H,3-4,7-8,10-11H2,1-2H3. The lowest BCUT2D eigenvalue weighted by molar-refractivity contribution is 0.332. The van der Waals surface area contributed by atoms with Gasteiger partial charge in [-0.1, -0.05) is 19.1 Å². The van der Waals surface area contributed by atoms with Gasteiger partial charge in [-0.15, -0.1) is 0 Å². The number of ether oxygens (including phenoxy) is 1. The molecule has 0 amide bonds. The van der Waals surface area contributed by atoms with E-state index in [-0.39, 0.29) is 12.4 Å². The summed E-state index contributed by atoms with van der Waals surface area (Å²) in [5.41, 5.74) is 2.54. The summed E-state index contributed by atoms with van der Waals surface area (Å²) in [5, 5.41) is 3.50. The first-order valence-corrected chi connectivity index (χ1v) is 9.23. The summed E-state index contributed by atoms with van der Waals surface area (Å²) in [7, 11) is -2.97. The number of rotatable bonds is 6. The van der Waals surface area contributed by atoms with Gasteiger partial charge in [-0.3, -0.25) is 0 Å². The molecule has 0 aliphatic heterocycles. The van der Waals surface area contributed by atoms with Crippen LogP contribution >= 0.6 is 0 Å². The largest absolute Gasteiger partial charge is 0.492 e. The van der Waals surface area contributed by atoms with E-state index in [1.165, 1.54) is 17.4 Å². The highest BCUT2D eigenvalue weighted by molar-refractivity contribution is 7.90. The van der Waals surface area contributed by atoms with Gasteiger partial charge in [0.15, 0.2) is 9.84 Å². The molecule has 0 fully saturated rings. The van der Waals surface area contributed by atoms with Crippen LogP contribution in [0, 0.1) is 0 Å². The minimum absolute atomic E-state index is 0.0628. The van der Waals surface area contributed by atoms with E-state index in [0.29, 0.717) is 6.04 Å². The Bertz CT molecular complexity index is 554. The lowest BCUT2D eigenvalue weighted by Crippen LogP contribution is -2.25. The highest BCUT2D eigenvalue weighted by atomic mass is 32.2. The molecule has 1 N–H and O–H groups in total. The van der Waals surface area contributed by atoms with Crippen molar-refractivity contribution >= 4 is 9.84 Å². The second-order valence-electron chi connectivity index (χ2n) is 5.30. The third kappa shape index (κ3) is 3.96. The highest BCUT2D eigenvalue weighted by Gasteiger charge is 2.22. The molecular weight excluding hydrogens is 274 g/mol. The maximum absolute atomic E-state index is 11.2. The first-order valence-electron chi connectivity index (χ1n) is 7.17. The number of benzene rings is 1. The molecule has 1 aliphatic carbocycles. The molecule has 1 aromatic rings. The Balaban J connectivity index is 2.13. The second-order valence-corrected chi connectivity index (χ2v) is 7.56. The summed E-state index contributed by atoms with van der Waals surface area (Å²) in [6.45, 7) is 3.28. The van der Waals surface area contributed by atoms with Crippen molar-refractivity contribution in [1.82, 2.24) is 5.32 Å². The van der Waals surface area contributed by atoms with E-state index in [1.54, 1.807) is 0 Å². The van der Waals surface area contributed by atoms with Crippen molar-refractivity contribution in [2.75, 3.05) is 25.2 Å². The van der Waals surface area contributed by atoms with Crippen LogP contribution in [0.5, 0.6) is 5.75 Å². The molecule has 0 heterocycles. The molecule has 1 unspecified atom stereocenters. The molecule has 20 heavy (non-hydrogen) atoms. The maximum Gasteiger partial charge on any atom is 0.150 e. The summed E-state index contributed by atoms with van der Waals surface area (Å²) in [5.74, 6) is 0.904. The zero-order valence-corrected chi connectivity index (χ0v) is 13.0. The van der Waals surface area contributed by atoms with E-state index < -0.39 is 9.84 Å². The van der Waals surface area contributed by atoms with Crippen LogP contribution in [-0.2, 0) is 16.3 Å². The monoisotopic (exact) mass is 297 g/mol. The van der Waals surface area contributed by atoms with E-state index in [0.717, 1.165) is 31.6 Å². The van der Waals surface area contributed by atoms with Crippen molar-refractivity contribution < 1.29 is 13.2 Å². The van der Waals surface area contributed by atoms with Gasteiger partial charge in [-0.2, -0.15) is 0 Å². The fourth-order valence-corrected chi connectivity index (χ4v) is 3.10. The summed E-state index contributed by atoms with van der Waals surface area (Å²) in [6, 6.07) is 6.47. The van der Waals surface area contributed by atoms with Crippen LogP contribution in [0.25, 0.3) is 0 Å². The predicted octanol–water partition coefficient (Wildman–Crippen LogP) is 2.10. The molecule has 112 valence electrons. The quantitative estimate of drug-likeness (QED) is 0.873. The predicted molar refractivity (Wildman–Crippen MR) is 81.0 cm³/mol. The molecule has 0 aromatic heterocycles. The van der Waals surface area contributed by atoms with Crippen LogP contribution in [-0.4, -0.2) is 33.6 Å². The molecule has 0 saturated carbocycles. The molecule has 1 atom stereocenters. The number of sulfone groups is 1. The Morgan fingerprint density at radius 3 is 2.90 bits per heavy atom. The van der Waals surface area contributed by atoms with E-state index in [2.05, 4.69) is 18.3 Å². The van der Waals surface area contributed by atoms with Crippen LogP contribution < -0.4 is 10.1 Å². The van der Waals surface area contributed by atoms with E-state index in [1.807, 2.05) is 12.1 Å². The smallest absolute Gasteiger partial charge is 0.150 e. The molecule has 0 spiro atoms. The topological polar surface area (TPSA) is 55.4 Å². The third-order valence-corrected chi connectivity index (χ3v) is 4.53. The molecule has 2 rings (SSSR count). The van der Waals surface area contributed by atoms with Gasteiger partial charge in [0.2, 0.25) is 0 Å².